The van der Waals surface area contributed by atoms with Gasteiger partial charge in [0.2, 0.25) is 0 Å². The van der Waals surface area contributed by atoms with E-state index >= 15 is 0 Å². The van der Waals surface area contributed by atoms with Gasteiger partial charge in [0.1, 0.15) is 0 Å². The molecule has 3 heteroatoms. The van der Waals surface area contributed by atoms with E-state index in [9.17, 15) is 4.79 Å². The fourth-order valence-corrected chi connectivity index (χ4v) is 6.69. The third-order valence-corrected chi connectivity index (χ3v) is 9.89. The molecule has 1 rings (SSSR count). The van der Waals surface area contributed by atoms with E-state index in [0.29, 0.717) is 0 Å². The maximum absolute atomic E-state index is 10.6. The van der Waals surface area contributed by atoms with E-state index in [0.717, 1.165) is 9.34 Å². The molecule has 0 bridgehead atoms. The fourth-order valence-electron chi connectivity index (χ4n) is 1.73. The van der Waals surface area contributed by atoms with Crippen LogP contribution in [0.5, 0.6) is 0 Å². The molecule has 0 heterocycles. The van der Waals surface area contributed by atoms with Crippen molar-refractivity contribution in [2.45, 2.75) is 43.0 Å². The van der Waals surface area contributed by atoms with Gasteiger partial charge in [-0.05, 0) is 0 Å². The van der Waals surface area contributed by atoms with Crippen LogP contribution in [0.15, 0.2) is 0 Å². The molecule has 1 fully saturated rings. The summed E-state index contributed by atoms with van der Waals surface area (Å²) in [6.45, 7) is 3.85. The molecule has 0 amide bonds. The molecule has 12 heavy (non-hydrogen) atoms. The van der Waals surface area contributed by atoms with Crippen LogP contribution in [0.2, 0.25) is 3.43 Å². The zero-order valence-corrected chi connectivity index (χ0v) is 13.5. The van der Waals surface area contributed by atoms with Gasteiger partial charge >= 0.3 is 87.3 Å². The SMILES string of the molecule is CC(=O)[O][Hg][CH]1CCC(C)CC1. The molecule has 66 valence electrons. The van der Waals surface area contributed by atoms with Gasteiger partial charge in [0.25, 0.3) is 0 Å². The minimum atomic E-state index is -1.27. The predicted molar refractivity (Wildman–Crippen MR) is 43.1 cm³/mol. The van der Waals surface area contributed by atoms with Crippen LogP contribution in [0.4, 0.5) is 0 Å². The summed E-state index contributed by atoms with van der Waals surface area (Å²) in [6.07, 6.45) is 5.36. The Balaban J connectivity index is 2.13. The quantitative estimate of drug-likeness (QED) is 0.711. The van der Waals surface area contributed by atoms with Crippen LogP contribution in [-0.2, 0) is 32.5 Å². The van der Waals surface area contributed by atoms with Gasteiger partial charge < -0.3 is 0 Å². The summed E-state index contributed by atoms with van der Waals surface area (Å²) in [4.78, 5) is 10.6. The number of hydrogen-bond acceptors (Lipinski definition) is 2. The normalized spacial score (nSPS) is 29.2. The van der Waals surface area contributed by atoms with Crippen LogP contribution >= 0.6 is 0 Å². The Hall–Kier alpha value is 0.405. The number of hydrogen-bond donors (Lipinski definition) is 0. The monoisotopic (exact) mass is 358 g/mol. The molecule has 0 N–H and O–H groups in total. The first-order valence-electron chi connectivity index (χ1n) is 4.82. The molecule has 0 atom stereocenters. The number of carbonyl (C=O) groups excluding carboxylic acids is 1. The van der Waals surface area contributed by atoms with E-state index in [2.05, 4.69) is 6.92 Å². The molecule has 0 aromatic carbocycles. The molecule has 0 aromatic rings. The zero-order chi connectivity index (χ0) is 8.97. The Morgan fingerprint density at radius 2 is 1.92 bits per heavy atom. The third kappa shape index (κ3) is 3.88. The van der Waals surface area contributed by atoms with Crippen molar-refractivity contribution in [3.63, 3.8) is 0 Å². The Labute approximate surface area is 87.2 Å². The van der Waals surface area contributed by atoms with Crippen LogP contribution in [0.25, 0.3) is 0 Å². The molecule has 1 aliphatic rings. The van der Waals surface area contributed by atoms with Gasteiger partial charge in [0.15, 0.2) is 0 Å². The standard InChI is InChI=1S/C7H13.C2H4O2.Hg/c1-7-5-3-2-4-6-7;1-2(3)4;/h2,7H,3-6H2,1H3;1H3,(H,3,4);/q;;+1/p-1. The Morgan fingerprint density at radius 1 is 1.33 bits per heavy atom. The average Bonchev–Trinajstić information content (AvgIpc) is 2.03. The average molecular weight is 357 g/mol. The van der Waals surface area contributed by atoms with Gasteiger partial charge in [-0.1, -0.05) is 0 Å². The second-order valence-electron chi connectivity index (χ2n) is 3.93. The summed E-state index contributed by atoms with van der Waals surface area (Å²) in [5.41, 5.74) is 0. The fraction of sp³-hybridized carbons (Fsp3) is 0.889. The molecular formula is C9H16HgO2. The molecule has 2 nitrogen and oxygen atoms in total. The van der Waals surface area contributed by atoms with Crippen LogP contribution in [0.1, 0.15) is 39.5 Å². The van der Waals surface area contributed by atoms with Gasteiger partial charge in [-0.25, -0.2) is 0 Å². The summed E-state index contributed by atoms with van der Waals surface area (Å²) < 4.78 is 6.05. The minimum absolute atomic E-state index is 0.0460. The zero-order valence-electron chi connectivity index (χ0n) is 8.01. The summed E-state index contributed by atoms with van der Waals surface area (Å²) in [5.74, 6) is 0.863. The topological polar surface area (TPSA) is 26.3 Å². The second-order valence-corrected chi connectivity index (χ2v) is 10.8. The number of carbonyl (C=O) groups is 1. The molecule has 1 saturated carbocycles. The van der Waals surface area contributed by atoms with Gasteiger partial charge in [-0.15, -0.1) is 0 Å². The van der Waals surface area contributed by atoms with Crippen molar-refractivity contribution >= 4 is 5.97 Å². The first-order chi connectivity index (χ1) is 5.68. The van der Waals surface area contributed by atoms with E-state index in [1.807, 2.05) is 0 Å². The Bertz CT molecular complexity index is 151. The predicted octanol–water partition coefficient (Wildman–Crippen LogP) is 2.55. The molecular weight excluding hydrogens is 341 g/mol. The van der Waals surface area contributed by atoms with Gasteiger partial charge in [0, 0.05) is 0 Å². The van der Waals surface area contributed by atoms with E-state index < -0.39 is 25.0 Å². The molecule has 0 unspecified atom stereocenters. The summed E-state index contributed by atoms with van der Waals surface area (Å²) in [7, 11) is 0. The van der Waals surface area contributed by atoms with Crippen molar-refractivity contribution < 1.29 is 32.5 Å². The molecule has 1 aliphatic carbocycles. The van der Waals surface area contributed by atoms with Gasteiger partial charge in [-0.3, -0.25) is 0 Å². The molecule has 0 aliphatic heterocycles. The molecule has 0 saturated heterocycles. The van der Waals surface area contributed by atoms with Crippen LogP contribution in [-0.4, -0.2) is 5.97 Å². The summed E-state index contributed by atoms with van der Waals surface area (Å²) in [5, 5.41) is 0. The molecule has 0 aromatic heterocycles. The van der Waals surface area contributed by atoms with E-state index in [-0.39, 0.29) is 5.97 Å². The van der Waals surface area contributed by atoms with Crippen molar-refractivity contribution in [3.8, 4) is 0 Å². The van der Waals surface area contributed by atoms with Crippen molar-refractivity contribution in [1.82, 2.24) is 0 Å². The first kappa shape index (κ1) is 10.5. The Morgan fingerprint density at radius 3 is 2.42 bits per heavy atom. The first-order valence-corrected chi connectivity index (χ1v) is 10.2. The van der Waals surface area contributed by atoms with E-state index in [1.54, 1.807) is 0 Å². The van der Waals surface area contributed by atoms with Crippen molar-refractivity contribution in [1.29, 1.82) is 0 Å². The van der Waals surface area contributed by atoms with Gasteiger partial charge in [-0.2, -0.15) is 0 Å². The van der Waals surface area contributed by atoms with Crippen molar-refractivity contribution in [2.75, 3.05) is 0 Å². The van der Waals surface area contributed by atoms with Crippen LogP contribution in [0, 0.1) is 5.92 Å². The van der Waals surface area contributed by atoms with E-state index in [4.69, 9.17) is 2.64 Å². The summed E-state index contributed by atoms with van der Waals surface area (Å²) >= 11 is -1.27. The van der Waals surface area contributed by atoms with Gasteiger partial charge in [0.05, 0.1) is 0 Å². The van der Waals surface area contributed by atoms with Crippen molar-refractivity contribution in [2.24, 2.45) is 5.92 Å². The Kier molecular flexibility index (Phi) is 4.55. The third-order valence-electron chi connectivity index (χ3n) is 2.66. The molecule has 0 spiro atoms. The number of rotatable bonds is 2. The van der Waals surface area contributed by atoms with Crippen LogP contribution < -0.4 is 0 Å². The second kappa shape index (κ2) is 5.20. The molecule has 0 radical (unpaired) electrons. The maximum atomic E-state index is 10.6. The van der Waals surface area contributed by atoms with Crippen LogP contribution in [0.3, 0.4) is 0 Å². The van der Waals surface area contributed by atoms with Crippen molar-refractivity contribution in [3.05, 3.63) is 0 Å². The van der Waals surface area contributed by atoms with E-state index in [1.165, 1.54) is 32.6 Å². The summed E-state index contributed by atoms with van der Waals surface area (Å²) in [6, 6.07) is 0.